The summed E-state index contributed by atoms with van der Waals surface area (Å²) in [7, 11) is 0. The molecule has 1 aromatic carbocycles. The summed E-state index contributed by atoms with van der Waals surface area (Å²) in [5, 5.41) is 1.95. The molecule has 0 amide bonds. The highest BCUT2D eigenvalue weighted by Gasteiger charge is 2.16. The van der Waals surface area contributed by atoms with Crippen LogP contribution in [0.15, 0.2) is 40.2 Å². The van der Waals surface area contributed by atoms with E-state index < -0.39 is 6.61 Å². The molecule has 1 aromatic heterocycles. The largest absolute Gasteiger partial charge is 0.434 e. The molecular weight excluding hydrogens is 336 g/mol. The number of hydrogen-bond acceptors (Lipinski definition) is 3. The molecule has 0 radical (unpaired) electrons. The maximum atomic E-state index is 12.3. The molecule has 0 fully saturated rings. The Hall–Kier alpha value is -0.980. The molecule has 2 N–H and O–H groups in total. The van der Waals surface area contributed by atoms with Gasteiger partial charge in [0.05, 0.1) is 0 Å². The van der Waals surface area contributed by atoms with E-state index >= 15 is 0 Å². The first-order chi connectivity index (χ1) is 9.08. The molecule has 2 aromatic rings. The van der Waals surface area contributed by atoms with Crippen molar-refractivity contribution in [1.82, 2.24) is 0 Å². The van der Waals surface area contributed by atoms with Crippen molar-refractivity contribution < 1.29 is 13.5 Å². The van der Waals surface area contributed by atoms with Crippen LogP contribution in [-0.4, -0.2) is 6.61 Å². The highest BCUT2D eigenvalue weighted by atomic mass is 79.9. The van der Waals surface area contributed by atoms with Crippen molar-refractivity contribution in [1.29, 1.82) is 0 Å². The van der Waals surface area contributed by atoms with Crippen LogP contribution in [0.3, 0.4) is 0 Å². The van der Waals surface area contributed by atoms with Crippen LogP contribution in [-0.2, 0) is 6.42 Å². The number of alkyl halides is 2. The third kappa shape index (κ3) is 3.75. The zero-order chi connectivity index (χ0) is 13.8. The zero-order valence-corrected chi connectivity index (χ0v) is 12.3. The van der Waals surface area contributed by atoms with Crippen molar-refractivity contribution in [2.75, 3.05) is 0 Å². The molecule has 1 atom stereocenters. The maximum Gasteiger partial charge on any atom is 0.387 e. The second-order valence-electron chi connectivity index (χ2n) is 3.92. The van der Waals surface area contributed by atoms with Gasteiger partial charge >= 0.3 is 6.61 Å². The Kier molecular flexibility index (Phi) is 4.90. The van der Waals surface area contributed by atoms with Gasteiger partial charge in [0.2, 0.25) is 0 Å². The van der Waals surface area contributed by atoms with E-state index in [4.69, 9.17) is 5.73 Å². The molecule has 1 heterocycles. The van der Waals surface area contributed by atoms with E-state index in [1.165, 1.54) is 6.07 Å². The predicted molar refractivity (Wildman–Crippen MR) is 75.7 cm³/mol. The number of halogens is 3. The monoisotopic (exact) mass is 347 g/mol. The number of para-hydroxylation sites is 1. The normalized spacial score (nSPS) is 12.7. The lowest BCUT2D eigenvalue weighted by Gasteiger charge is -2.16. The molecular formula is C13H12BrF2NOS. The quantitative estimate of drug-likeness (QED) is 0.872. The van der Waals surface area contributed by atoms with E-state index in [9.17, 15) is 8.78 Å². The topological polar surface area (TPSA) is 35.2 Å². The van der Waals surface area contributed by atoms with Crippen molar-refractivity contribution in [3.8, 4) is 5.75 Å². The average Bonchev–Trinajstić information content (AvgIpc) is 2.75. The summed E-state index contributed by atoms with van der Waals surface area (Å²) >= 11 is 5.01. The first kappa shape index (κ1) is 14.4. The smallest absolute Gasteiger partial charge is 0.387 e. The SMILES string of the molecule is NC(Cc1sccc1Br)c1ccccc1OC(F)F. The van der Waals surface area contributed by atoms with E-state index in [1.807, 2.05) is 11.4 Å². The van der Waals surface area contributed by atoms with Gasteiger partial charge < -0.3 is 10.5 Å². The molecule has 19 heavy (non-hydrogen) atoms. The summed E-state index contributed by atoms with van der Waals surface area (Å²) in [6.45, 7) is -2.85. The number of thiophene rings is 1. The van der Waals surface area contributed by atoms with Crippen molar-refractivity contribution in [3.63, 3.8) is 0 Å². The minimum Gasteiger partial charge on any atom is -0.434 e. The molecule has 0 aliphatic rings. The van der Waals surface area contributed by atoms with Gasteiger partial charge in [-0.2, -0.15) is 8.78 Å². The van der Waals surface area contributed by atoms with Gasteiger partial charge in [-0.15, -0.1) is 11.3 Å². The van der Waals surface area contributed by atoms with Gasteiger partial charge in [0.25, 0.3) is 0 Å². The van der Waals surface area contributed by atoms with Crippen LogP contribution >= 0.6 is 27.3 Å². The average molecular weight is 348 g/mol. The Morgan fingerprint density at radius 2 is 2.00 bits per heavy atom. The van der Waals surface area contributed by atoms with Crippen molar-refractivity contribution in [2.45, 2.75) is 19.1 Å². The maximum absolute atomic E-state index is 12.3. The zero-order valence-electron chi connectivity index (χ0n) is 9.85. The lowest BCUT2D eigenvalue weighted by Crippen LogP contribution is -2.15. The Morgan fingerprint density at radius 3 is 2.63 bits per heavy atom. The fourth-order valence-corrected chi connectivity index (χ4v) is 3.34. The van der Waals surface area contributed by atoms with Crippen LogP contribution in [0.25, 0.3) is 0 Å². The van der Waals surface area contributed by atoms with Crippen LogP contribution in [0.5, 0.6) is 5.75 Å². The summed E-state index contributed by atoms with van der Waals surface area (Å²) < 4.78 is 30.2. The van der Waals surface area contributed by atoms with Crippen molar-refractivity contribution in [2.24, 2.45) is 5.73 Å². The number of nitrogens with two attached hydrogens (primary N) is 1. The first-order valence-electron chi connectivity index (χ1n) is 5.59. The van der Waals surface area contributed by atoms with Crippen LogP contribution in [0.1, 0.15) is 16.5 Å². The highest BCUT2D eigenvalue weighted by molar-refractivity contribution is 9.10. The van der Waals surface area contributed by atoms with Crippen molar-refractivity contribution >= 4 is 27.3 Å². The van der Waals surface area contributed by atoms with Gasteiger partial charge in [0.1, 0.15) is 5.75 Å². The van der Waals surface area contributed by atoms with Crippen LogP contribution in [0, 0.1) is 0 Å². The van der Waals surface area contributed by atoms with Crippen molar-refractivity contribution in [3.05, 3.63) is 50.6 Å². The molecule has 0 aliphatic heterocycles. The fraction of sp³-hybridized carbons (Fsp3) is 0.231. The Bertz CT molecular complexity index is 547. The molecule has 0 bridgehead atoms. The van der Waals surface area contributed by atoms with Crippen LogP contribution in [0.2, 0.25) is 0 Å². The Balaban J connectivity index is 2.19. The lowest BCUT2D eigenvalue weighted by atomic mass is 10.0. The number of benzene rings is 1. The van der Waals surface area contributed by atoms with Crippen LogP contribution in [0.4, 0.5) is 8.78 Å². The van der Waals surface area contributed by atoms with Gasteiger partial charge in [-0.05, 0) is 33.4 Å². The van der Waals surface area contributed by atoms with E-state index in [0.717, 1.165) is 9.35 Å². The van der Waals surface area contributed by atoms with Gasteiger partial charge in [-0.3, -0.25) is 0 Å². The van der Waals surface area contributed by atoms with E-state index in [2.05, 4.69) is 20.7 Å². The Morgan fingerprint density at radius 1 is 1.26 bits per heavy atom. The molecule has 0 saturated carbocycles. The second-order valence-corrected chi connectivity index (χ2v) is 5.77. The van der Waals surface area contributed by atoms with Gasteiger partial charge in [-0.25, -0.2) is 0 Å². The summed E-state index contributed by atoms with van der Waals surface area (Å²) in [6.07, 6.45) is 0.571. The Labute approximate surface area is 122 Å². The summed E-state index contributed by atoms with van der Waals surface area (Å²) in [5.74, 6) is 0.137. The van der Waals surface area contributed by atoms with E-state index in [1.54, 1.807) is 29.5 Å². The van der Waals surface area contributed by atoms with Gasteiger partial charge in [0.15, 0.2) is 0 Å². The summed E-state index contributed by atoms with van der Waals surface area (Å²) in [5.41, 5.74) is 6.68. The standard InChI is InChI=1S/C13H12BrF2NOS/c14-9-5-6-19-12(9)7-10(17)8-3-1-2-4-11(8)18-13(15)16/h1-6,10,13H,7,17H2. The van der Waals surface area contributed by atoms with E-state index in [-0.39, 0.29) is 11.8 Å². The summed E-state index contributed by atoms with van der Waals surface area (Å²) in [4.78, 5) is 1.08. The third-order valence-corrected chi connectivity index (χ3v) is 4.58. The van der Waals surface area contributed by atoms with Gasteiger partial charge in [-0.1, -0.05) is 18.2 Å². The van der Waals surface area contributed by atoms with Crippen LogP contribution < -0.4 is 10.5 Å². The number of ether oxygens (including phenoxy) is 1. The molecule has 102 valence electrons. The number of hydrogen-bond donors (Lipinski definition) is 1. The molecule has 2 rings (SSSR count). The lowest BCUT2D eigenvalue weighted by molar-refractivity contribution is -0.0506. The molecule has 0 saturated heterocycles. The minimum absolute atomic E-state index is 0.137. The minimum atomic E-state index is -2.85. The highest BCUT2D eigenvalue weighted by Crippen LogP contribution is 2.31. The molecule has 1 unspecified atom stereocenters. The predicted octanol–water partition coefficient (Wildman–Crippen LogP) is 4.35. The number of rotatable bonds is 5. The van der Waals surface area contributed by atoms with E-state index in [0.29, 0.717) is 12.0 Å². The van der Waals surface area contributed by atoms with Gasteiger partial charge in [0, 0.05) is 27.4 Å². The first-order valence-corrected chi connectivity index (χ1v) is 7.26. The molecule has 0 aliphatic carbocycles. The second kappa shape index (κ2) is 6.45. The fourth-order valence-electron chi connectivity index (χ4n) is 1.77. The third-order valence-electron chi connectivity index (χ3n) is 2.63. The molecule has 6 heteroatoms. The molecule has 0 spiro atoms. The molecule has 2 nitrogen and oxygen atoms in total. The summed E-state index contributed by atoms with van der Waals surface area (Å²) in [6, 6.07) is 8.18.